The maximum atomic E-state index is 12.9. The fourth-order valence-corrected chi connectivity index (χ4v) is 5.57. The molecule has 0 fully saturated rings. The van der Waals surface area contributed by atoms with E-state index in [2.05, 4.69) is 17.4 Å². The highest BCUT2D eigenvalue weighted by molar-refractivity contribution is 7.98. The number of carbonyl (C=O) groups excluding carboxylic acids is 1. The predicted molar refractivity (Wildman–Crippen MR) is 153 cm³/mol. The van der Waals surface area contributed by atoms with Crippen LogP contribution in [0.2, 0.25) is 0 Å². The third-order valence-electron chi connectivity index (χ3n) is 5.78. The summed E-state index contributed by atoms with van der Waals surface area (Å²) in [5.41, 5.74) is 3.42. The summed E-state index contributed by atoms with van der Waals surface area (Å²) in [6.07, 6.45) is 6.54. The number of sulfonamides is 1. The molecule has 3 aromatic rings. The van der Waals surface area contributed by atoms with Crippen molar-refractivity contribution >= 4 is 34.1 Å². The molecular formula is C28H36N4O4S2. The average Bonchev–Trinajstić information content (AvgIpc) is 3.24. The van der Waals surface area contributed by atoms with E-state index in [-0.39, 0.29) is 10.9 Å². The van der Waals surface area contributed by atoms with Gasteiger partial charge in [-0.05, 0) is 54.8 Å². The van der Waals surface area contributed by atoms with Crippen molar-refractivity contribution in [1.82, 2.24) is 14.5 Å². The second-order valence-corrected chi connectivity index (χ2v) is 11.5. The molecule has 0 amide bonds. The molecule has 2 aromatic carbocycles. The van der Waals surface area contributed by atoms with E-state index in [0.29, 0.717) is 30.3 Å². The van der Waals surface area contributed by atoms with E-state index in [9.17, 15) is 13.2 Å². The molecule has 0 radical (unpaired) electrons. The van der Waals surface area contributed by atoms with Gasteiger partial charge in [0.2, 0.25) is 0 Å². The van der Waals surface area contributed by atoms with Crippen molar-refractivity contribution in [2.75, 3.05) is 27.0 Å². The van der Waals surface area contributed by atoms with E-state index in [1.54, 1.807) is 44.1 Å². The van der Waals surface area contributed by atoms with Crippen LogP contribution in [0, 0.1) is 0 Å². The monoisotopic (exact) mass is 556 g/mol. The molecule has 0 aliphatic carbocycles. The SMILES string of the molecule is CCCCc1nc(SC)c(C(=O)OCC)n1Cc1cccc(Cc2cccc(S(=O)(=O)N=CN(C)C)c2)c1. The first kappa shape index (κ1) is 29.4. The van der Waals surface area contributed by atoms with Crippen LogP contribution in [0.15, 0.2) is 62.9 Å². The van der Waals surface area contributed by atoms with Gasteiger partial charge < -0.3 is 14.2 Å². The van der Waals surface area contributed by atoms with Gasteiger partial charge in [-0.3, -0.25) is 0 Å². The molecular weight excluding hydrogens is 520 g/mol. The fourth-order valence-electron chi connectivity index (χ4n) is 4.00. The van der Waals surface area contributed by atoms with Crippen LogP contribution in [0.3, 0.4) is 0 Å². The van der Waals surface area contributed by atoms with E-state index >= 15 is 0 Å². The smallest absolute Gasteiger partial charge is 0.357 e. The van der Waals surface area contributed by atoms with E-state index < -0.39 is 10.0 Å². The number of carbonyl (C=O) groups is 1. The molecule has 1 heterocycles. The van der Waals surface area contributed by atoms with Crippen molar-refractivity contribution in [3.63, 3.8) is 0 Å². The van der Waals surface area contributed by atoms with E-state index in [4.69, 9.17) is 9.72 Å². The van der Waals surface area contributed by atoms with Gasteiger partial charge in [0.25, 0.3) is 10.0 Å². The van der Waals surface area contributed by atoms with Crippen LogP contribution in [0.25, 0.3) is 0 Å². The first-order valence-electron chi connectivity index (χ1n) is 12.6. The number of benzene rings is 2. The van der Waals surface area contributed by atoms with Gasteiger partial charge in [0, 0.05) is 27.1 Å². The fraction of sp³-hybridized carbons (Fsp3) is 0.393. The Hall–Kier alpha value is -3.11. The molecule has 1 aromatic heterocycles. The van der Waals surface area contributed by atoms with E-state index in [1.807, 2.05) is 35.1 Å². The second kappa shape index (κ2) is 13.6. The molecule has 0 bridgehead atoms. The van der Waals surface area contributed by atoms with Crippen LogP contribution < -0.4 is 0 Å². The quantitative estimate of drug-likeness (QED) is 0.126. The van der Waals surface area contributed by atoms with Gasteiger partial charge in [-0.25, -0.2) is 9.78 Å². The number of aryl methyl sites for hydroxylation is 1. The highest BCUT2D eigenvalue weighted by atomic mass is 32.2. The van der Waals surface area contributed by atoms with Crippen LogP contribution in [-0.4, -0.2) is 62.1 Å². The molecule has 38 heavy (non-hydrogen) atoms. The second-order valence-electron chi connectivity index (χ2n) is 9.10. The number of nitrogens with zero attached hydrogens (tertiary/aromatic N) is 4. The van der Waals surface area contributed by atoms with Crippen LogP contribution in [0.1, 0.15) is 59.7 Å². The van der Waals surface area contributed by atoms with Gasteiger partial charge in [-0.15, -0.1) is 16.2 Å². The number of hydrogen-bond donors (Lipinski definition) is 0. The Labute approximate surface area is 230 Å². The lowest BCUT2D eigenvalue weighted by atomic mass is 10.0. The third-order valence-corrected chi connectivity index (χ3v) is 7.68. The Kier molecular flexibility index (Phi) is 10.6. The van der Waals surface area contributed by atoms with Gasteiger partial charge in [-0.2, -0.15) is 8.42 Å². The summed E-state index contributed by atoms with van der Waals surface area (Å²) in [6, 6.07) is 15.0. The molecule has 0 atom stereocenters. The summed E-state index contributed by atoms with van der Waals surface area (Å²) >= 11 is 1.45. The van der Waals surface area contributed by atoms with E-state index in [0.717, 1.165) is 41.8 Å². The Bertz CT molecular complexity index is 1380. The number of imidazole rings is 1. The summed E-state index contributed by atoms with van der Waals surface area (Å²) in [5.74, 6) is 0.513. The minimum Gasteiger partial charge on any atom is -0.461 e. The maximum Gasteiger partial charge on any atom is 0.357 e. The van der Waals surface area contributed by atoms with Gasteiger partial charge in [0.05, 0.1) is 11.5 Å². The lowest BCUT2D eigenvalue weighted by Crippen LogP contribution is -2.16. The number of thioether (sulfide) groups is 1. The Balaban J connectivity index is 1.90. The highest BCUT2D eigenvalue weighted by Crippen LogP contribution is 2.25. The Morgan fingerprint density at radius 1 is 1.11 bits per heavy atom. The zero-order valence-electron chi connectivity index (χ0n) is 22.7. The van der Waals surface area contributed by atoms with Crippen molar-refractivity contribution in [3.05, 3.63) is 76.7 Å². The highest BCUT2D eigenvalue weighted by Gasteiger charge is 2.24. The lowest BCUT2D eigenvalue weighted by Gasteiger charge is -2.13. The van der Waals surface area contributed by atoms with Crippen molar-refractivity contribution in [2.45, 2.75) is 56.0 Å². The van der Waals surface area contributed by atoms with Crippen LogP contribution in [0.5, 0.6) is 0 Å². The minimum atomic E-state index is -3.78. The van der Waals surface area contributed by atoms with Gasteiger partial charge in [0.1, 0.15) is 17.2 Å². The number of hydrogen-bond acceptors (Lipinski definition) is 6. The molecule has 0 spiro atoms. The minimum absolute atomic E-state index is 0.159. The van der Waals surface area contributed by atoms with Crippen molar-refractivity contribution < 1.29 is 17.9 Å². The van der Waals surface area contributed by atoms with Crippen molar-refractivity contribution in [2.24, 2.45) is 4.40 Å². The number of ether oxygens (including phenoxy) is 1. The summed E-state index contributed by atoms with van der Waals surface area (Å²) < 4.78 is 36.3. The molecule has 0 aliphatic rings. The largest absolute Gasteiger partial charge is 0.461 e. The standard InChI is InChI=1S/C28H36N4O4S2/c1-6-8-15-25-30-27(37-5)26(28(33)36-7-2)32(25)19-23-13-9-11-21(17-23)16-22-12-10-14-24(18-22)38(34,35)29-20-31(3)4/h9-14,17-18,20H,6-8,15-16,19H2,1-5H3. The van der Waals surface area contributed by atoms with Crippen LogP contribution in [-0.2, 0) is 34.1 Å². The molecule has 8 nitrogen and oxygen atoms in total. The van der Waals surface area contributed by atoms with Gasteiger partial charge in [-0.1, -0.05) is 49.7 Å². The van der Waals surface area contributed by atoms with Gasteiger partial charge in [0.15, 0.2) is 5.69 Å². The topological polar surface area (TPSA) is 93.9 Å². The normalized spacial score (nSPS) is 11.7. The average molecular weight is 557 g/mol. The number of unbranched alkanes of at least 4 members (excludes halogenated alkanes) is 1. The zero-order valence-corrected chi connectivity index (χ0v) is 24.3. The number of rotatable bonds is 13. The zero-order chi connectivity index (χ0) is 27.7. The number of aromatic nitrogens is 2. The Morgan fingerprint density at radius 3 is 2.45 bits per heavy atom. The lowest BCUT2D eigenvalue weighted by molar-refractivity contribution is 0.0509. The van der Waals surface area contributed by atoms with Crippen molar-refractivity contribution in [3.8, 4) is 0 Å². The molecule has 0 saturated carbocycles. The first-order chi connectivity index (χ1) is 18.2. The first-order valence-corrected chi connectivity index (χ1v) is 15.3. The molecule has 0 N–H and O–H groups in total. The van der Waals surface area contributed by atoms with Crippen molar-refractivity contribution in [1.29, 1.82) is 0 Å². The summed E-state index contributed by atoms with van der Waals surface area (Å²) in [5, 5.41) is 0.681. The van der Waals surface area contributed by atoms with Crippen LogP contribution in [0.4, 0.5) is 0 Å². The molecule has 10 heteroatoms. The van der Waals surface area contributed by atoms with E-state index in [1.165, 1.54) is 18.1 Å². The molecule has 204 valence electrons. The summed E-state index contributed by atoms with van der Waals surface area (Å²) in [4.78, 5) is 19.4. The molecule has 0 aliphatic heterocycles. The molecule has 0 saturated heterocycles. The third kappa shape index (κ3) is 7.70. The molecule has 3 rings (SSSR count). The number of esters is 1. The van der Waals surface area contributed by atoms with Gasteiger partial charge >= 0.3 is 5.97 Å². The summed E-state index contributed by atoms with van der Waals surface area (Å²) in [6.45, 7) is 4.72. The summed E-state index contributed by atoms with van der Waals surface area (Å²) in [7, 11) is -0.340. The maximum absolute atomic E-state index is 12.9. The Morgan fingerprint density at radius 2 is 1.79 bits per heavy atom. The van der Waals surface area contributed by atoms with Crippen LogP contribution >= 0.6 is 11.8 Å². The predicted octanol–water partition coefficient (Wildman–Crippen LogP) is 5.04. The molecule has 0 unspecified atom stereocenters.